The van der Waals surface area contributed by atoms with E-state index in [9.17, 15) is 0 Å². The van der Waals surface area contributed by atoms with Gasteiger partial charge in [0.2, 0.25) is 5.95 Å². The third kappa shape index (κ3) is 4.09. The molecule has 5 rings (SSSR count). The highest BCUT2D eigenvalue weighted by molar-refractivity contribution is 5.94. The summed E-state index contributed by atoms with van der Waals surface area (Å²) < 4.78 is 7.69. The number of aromatic nitrogens is 4. The van der Waals surface area contributed by atoms with Crippen LogP contribution < -0.4 is 10.2 Å². The van der Waals surface area contributed by atoms with Crippen LogP contribution in [0.2, 0.25) is 0 Å². The average Bonchev–Trinajstić information content (AvgIpc) is 3.19. The van der Waals surface area contributed by atoms with Gasteiger partial charge in [0.1, 0.15) is 0 Å². The van der Waals surface area contributed by atoms with E-state index in [1.54, 1.807) is 6.20 Å². The Bertz CT molecular complexity index is 1160. The number of fused-ring (bicyclic) bond motifs is 1. The van der Waals surface area contributed by atoms with Gasteiger partial charge in [0.05, 0.1) is 30.6 Å². The highest BCUT2D eigenvalue weighted by Gasteiger charge is 2.13. The van der Waals surface area contributed by atoms with E-state index < -0.39 is 0 Å². The topological polar surface area (TPSA) is 68.1 Å². The van der Waals surface area contributed by atoms with E-state index in [2.05, 4.69) is 68.2 Å². The standard InChI is InChI=1S/C24H26N6O/c1-2-11-30-17-21(20-7-9-25-16-23(20)30)22-8-10-26-24(28-22)27-18-3-5-19(6-4-18)29-12-14-31-15-13-29/h3-10,16-17H,2,11-15H2,1H3,(H,26,27,28). The normalized spacial score (nSPS) is 14.2. The Balaban J connectivity index is 1.39. The summed E-state index contributed by atoms with van der Waals surface area (Å²) in [6.45, 7) is 6.56. The largest absolute Gasteiger partial charge is 0.378 e. The van der Waals surface area contributed by atoms with Crippen LogP contribution in [0.1, 0.15) is 13.3 Å². The second-order valence-corrected chi connectivity index (χ2v) is 7.67. The van der Waals surface area contributed by atoms with Crippen LogP contribution in [-0.4, -0.2) is 45.8 Å². The molecule has 1 aliphatic rings. The van der Waals surface area contributed by atoms with Crippen LogP contribution in [0.25, 0.3) is 22.2 Å². The molecule has 0 bridgehead atoms. The summed E-state index contributed by atoms with van der Waals surface area (Å²) in [5.74, 6) is 0.585. The van der Waals surface area contributed by atoms with Crippen molar-refractivity contribution in [2.24, 2.45) is 0 Å². The molecule has 7 nitrogen and oxygen atoms in total. The molecule has 0 unspecified atom stereocenters. The predicted molar refractivity (Wildman–Crippen MR) is 124 cm³/mol. The number of nitrogens with one attached hydrogen (secondary N) is 1. The Morgan fingerprint density at radius 2 is 1.87 bits per heavy atom. The number of nitrogens with zero attached hydrogens (tertiary/aromatic N) is 5. The molecule has 0 aliphatic carbocycles. The van der Waals surface area contributed by atoms with Gasteiger partial charge in [0, 0.05) is 60.5 Å². The van der Waals surface area contributed by atoms with Crippen molar-refractivity contribution in [3.05, 3.63) is 61.2 Å². The molecule has 4 heterocycles. The first-order valence-corrected chi connectivity index (χ1v) is 10.8. The van der Waals surface area contributed by atoms with Crippen LogP contribution in [0.5, 0.6) is 0 Å². The fourth-order valence-electron chi connectivity index (χ4n) is 4.04. The zero-order valence-electron chi connectivity index (χ0n) is 17.7. The molecular formula is C24H26N6O. The van der Waals surface area contributed by atoms with Crippen LogP contribution in [-0.2, 0) is 11.3 Å². The van der Waals surface area contributed by atoms with Crippen LogP contribution in [0.4, 0.5) is 17.3 Å². The maximum Gasteiger partial charge on any atom is 0.227 e. The van der Waals surface area contributed by atoms with Gasteiger partial charge in [-0.3, -0.25) is 4.98 Å². The summed E-state index contributed by atoms with van der Waals surface area (Å²) in [6, 6.07) is 12.4. The van der Waals surface area contributed by atoms with Gasteiger partial charge >= 0.3 is 0 Å². The van der Waals surface area contributed by atoms with Crippen LogP contribution in [0.3, 0.4) is 0 Å². The molecule has 0 radical (unpaired) electrons. The fourth-order valence-corrected chi connectivity index (χ4v) is 4.04. The molecule has 1 saturated heterocycles. The van der Waals surface area contributed by atoms with Gasteiger partial charge in [-0.1, -0.05) is 6.92 Å². The Kier molecular flexibility index (Phi) is 5.50. The van der Waals surface area contributed by atoms with Gasteiger partial charge in [0.25, 0.3) is 0 Å². The van der Waals surface area contributed by atoms with Crippen LogP contribution in [0.15, 0.2) is 61.2 Å². The zero-order chi connectivity index (χ0) is 21.0. The number of ether oxygens (including phenoxy) is 1. The SMILES string of the molecule is CCCn1cc(-c2ccnc(Nc3ccc(N4CCOCC4)cc3)n2)c2ccncc21. The van der Waals surface area contributed by atoms with Crippen molar-refractivity contribution in [2.45, 2.75) is 19.9 Å². The van der Waals surface area contributed by atoms with Gasteiger partial charge in [-0.05, 0) is 42.8 Å². The molecule has 1 aromatic carbocycles. The molecule has 7 heteroatoms. The Hall–Kier alpha value is -3.45. The highest BCUT2D eigenvalue weighted by Crippen LogP contribution is 2.30. The summed E-state index contributed by atoms with van der Waals surface area (Å²) >= 11 is 0. The molecule has 0 atom stereocenters. The second kappa shape index (κ2) is 8.73. The quantitative estimate of drug-likeness (QED) is 0.502. The van der Waals surface area contributed by atoms with Gasteiger partial charge < -0.3 is 19.5 Å². The molecule has 0 spiro atoms. The second-order valence-electron chi connectivity index (χ2n) is 7.67. The molecular weight excluding hydrogens is 388 g/mol. The minimum atomic E-state index is 0.585. The maximum atomic E-state index is 5.44. The van der Waals surface area contributed by atoms with E-state index in [4.69, 9.17) is 9.72 Å². The molecule has 3 aromatic heterocycles. The van der Waals surface area contributed by atoms with Crippen molar-refractivity contribution in [1.82, 2.24) is 19.5 Å². The number of pyridine rings is 1. The Labute approximate surface area is 181 Å². The van der Waals surface area contributed by atoms with E-state index in [0.717, 1.165) is 67.1 Å². The number of benzene rings is 1. The molecule has 1 fully saturated rings. The molecule has 158 valence electrons. The number of morpholine rings is 1. The van der Waals surface area contributed by atoms with Gasteiger partial charge in [-0.2, -0.15) is 0 Å². The third-order valence-electron chi connectivity index (χ3n) is 5.58. The summed E-state index contributed by atoms with van der Waals surface area (Å²) in [7, 11) is 0. The van der Waals surface area contributed by atoms with E-state index in [0.29, 0.717) is 5.95 Å². The number of hydrogen-bond donors (Lipinski definition) is 1. The molecule has 4 aromatic rings. The number of anilines is 3. The maximum absolute atomic E-state index is 5.44. The average molecular weight is 415 g/mol. The van der Waals surface area contributed by atoms with Crippen molar-refractivity contribution < 1.29 is 4.74 Å². The van der Waals surface area contributed by atoms with E-state index in [1.807, 2.05) is 18.5 Å². The summed E-state index contributed by atoms with van der Waals surface area (Å²) in [6.07, 6.45) is 8.79. The lowest BCUT2D eigenvalue weighted by Crippen LogP contribution is -2.36. The molecule has 31 heavy (non-hydrogen) atoms. The van der Waals surface area contributed by atoms with Gasteiger partial charge in [-0.25, -0.2) is 9.97 Å². The zero-order valence-corrected chi connectivity index (χ0v) is 17.7. The summed E-state index contributed by atoms with van der Waals surface area (Å²) in [5, 5.41) is 4.50. The van der Waals surface area contributed by atoms with Crippen molar-refractivity contribution in [3.8, 4) is 11.3 Å². The Morgan fingerprint density at radius 1 is 1.03 bits per heavy atom. The smallest absolute Gasteiger partial charge is 0.227 e. The van der Waals surface area contributed by atoms with Crippen LogP contribution in [0, 0.1) is 0 Å². The lowest BCUT2D eigenvalue weighted by molar-refractivity contribution is 0.122. The number of hydrogen-bond acceptors (Lipinski definition) is 6. The van der Waals surface area contributed by atoms with Crippen molar-refractivity contribution in [3.63, 3.8) is 0 Å². The lowest BCUT2D eigenvalue weighted by atomic mass is 10.1. The Morgan fingerprint density at radius 3 is 2.68 bits per heavy atom. The van der Waals surface area contributed by atoms with Crippen molar-refractivity contribution >= 4 is 28.2 Å². The van der Waals surface area contributed by atoms with Gasteiger partial charge in [0.15, 0.2) is 0 Å². The van der Waals surface area contributed by atoms with E-state index >= 15 is 0 Å². The predicted octanol–water partition coefficient (Wildman–Crippen LogP) is 4.48. The molecule has 0 saturated carbocycles. The number of aryl methyl sites for hydroxylation is 1. The first kappa shape index (κ1) is 19.5. The molecule has 1 N–H and O–H groups in total. The van der Waals surface area contributed by atoms with Crippen molar-refractivity contribution in [2.75, 3.05) is 36.5 Å². The van der Waals surface area contributed by atoms with E-state index in [1.165, 1.54) is 5.69 Å². The third-order valence-corrected chi connectivity index (χ3v) is 5.58. The fraction of sp³-hybridized carbons (Fsp3) is 0.292. The van der Waals surface area contributed by atoms with Crippen LogP contribution >= 0.6 is 0 Å². The number of rotatable bonds is 6. The first-order valence-electron chi connectivity index (χ1n) is 10.8. The molecule has 0 amide bonds. The summed E-state index contributed by atoms with van der Waals surface area (Å²) in [4.78, 5) is 15.9. The monoisotopic (exact) mass is 414 g/mol. The minimum Gasteiger partial charge on any atom is -0.378 e. The first-order chi connectivity index (χ1) is 15.3. The van der Waals surface area contributed by atoms with E-state index in [-0.39, 0.29) is 0 Å². The highest BCUT2D eigenvalue weighted by atomic mass is 16.5. The van der Waals surface area contributed by atoms with Crippen molar-refractivity contribution in [1.29, 1.82) is 0 Å². The lowest BCUT2D eigenvalue weighted by Gasteiger charge is -2.28. The van der Waals surface area contributed by atoms with Gasteiger partial charge in [-0.15, -0.1) is 0 Å². The summed E-state index contributed by atoms with van der Waals surface area (Å²) in [5.41, 5.74) is 5.30. The minimum absolute atomic E-state index is 0.585. The molecule has 1 aliphatic heterocycles.